The molecule has 4 heteroatoms. The second-order valence-corrected chi connectivity index (χ2v) is 6.67. The normalized spacial score (nSPS) is 20.2. The lowest BCUT2D eigenvalue weighted by Crippen LogP contribution is -2.14. The molecule has 0 heterocycles. The van der Waals surface area contributed by atoms with Crippen molar-refractivity contribution < 1.29 is 13.2 Å². The predicted molar refractivity (Wildman–Crippen MR) is 91.0 cm³/mol. The molecule has 1 aliphatic rings. The van der Waals surface area contributed by atoms with E-state index in [-0.39, 0.29) is 0 Å². The van der Waals surface area contributed by atoms with Crippen LogP contribution in [0.25, 0.3) is 11.1 Å². The summed E-state index contributed by atoms with van der Waals surface area (Å²) in [6, 6.07) is 11.8. The summed E-state index contributed by atoms with van der Waals surface area (Å²) in [5.74, 6) is 1.17. The van der Waals surface area contributed by atoms with E-state index in [1.54, 1.807) is 12.1 Å². The minimum absolute atomic E-state index is 0.564. The molecule has 0 bridgehead atoms. The Labute approximate surface area is 140 Å². The average molecular weight is 333 g/mol. The van der Waals surface area contributed by atoms with Crippen molar-refractivity contribution in [2.24, 2.45) is 5.92 Å². The molecule has 0 aliphatic heterocycles. The van der Waals surface area contributed by atoms with E-state index in [1.807, 2.05) is 13.1 Å². The molecule has 0 spiro atoms. The maximum Gasteiger partial charge on any atom is 0.416 e. The molecule has 0 saturated heterocycles. The van der Waals surface area contributed by atoms with Gasteiger partial charge in [-0.05, 0) is 72.7 Å². The standard InChI is InChI=1S/C20H22F3N/c1-13-11-16-12-15(5-8-19(16)18(13)9-10-24-2)14-3-6-17(7-4-14)20(21,22)23/h3-8,12-13,18,24H,9-11H2,1-2H3/t13-,18?/m1/s1. The Bertz CT molecular complexity index is 704. The second-order valence-electron chi connectivity index (χ2n) is 6.67. The zero-order chi connectivity index (χ0) is 17.3. The van der Waals surface area contributed by atoms with Crippen molar-refractivity contribution in [3.05, 3.63) is 59.2 Å². The van der Waals surface area contributed by atoms with E-state index in [1.165, 1.54) is 11.1 Å². The van der Waals surface area contributed by atoms with Crippen LogP contribution in [0, 0.1) is 5.92 Å². The van der Waals surface area contributed by atoms with Crippen molar-refractivity contribution in [3.63, 3.8) is 0 Å². The minimum atomic E-state index is -4.29. The van der Waals surface area contributed by atoms with Gasteiger partial charge in [-0.25, -0.2) is 0 Å². The first-order valence-corrected chi connectivity index (χ1v) is 8.35. The second kappa shape index (κ2) is 6.60. The summed E-state index contributed by atoms with van der Waals surface area (Å²) in [7, 11) is 1.97. The van der Waals surface area contributed by atoms with E-state index < -0.39 is 11.7 Å². The highest BCUT2D eigenvalue weighted by atomic mass is 19.4. The molecule has 0 amide bonds. The lowest BCUT2D eigenvalue weighted by atomic mass is 9.90. The summed E-state index contributed by atoms with van der Waals surface area (Å²) in [5, 5.41) is 3.21. The van der Waals surface area contributed by atoms with Gasteiger partial charge < -0.3 is 5.32 Å². The molecule has 2 aromatic rings. The first-order chi connectivity index (χ1) is 11.4. The summed E-state index contributed by atoms with van der Waals surface area (Å²) in [6.07, 6.45) is -2.13. The van der Waals surface area contributed by atoms with E-state index in [4.69, 9.17) is 0 Å². The van der Waals surface area contributed by atoms with Crippen molar-refractivity contribution in [1.29, 1.82) is 0 Å². The van der Waals surface area contributed by atoms with Gasteiger partial charge in [0.25, 0.3) is 0 Å². The lowest BCUT2D eigenvalue weighted by molar-refractivity contribution is -0.137. The van der Waals surface area contributed by atoms with Gasteiger partial charge in [-0.3, -0.25) is 0 Å². The highest BCUT2D eigenvalue weighted by molar-refractivity contribution is 5.66. The summed E-state index contributed by atoms with van der Waals surface area (Å²) in [6.45, 7) is 3.27. The number of alkyl halides is 3. The van der Waals surface area contributed by atoms with Gasteiger partial charge in [-0.15, -0.1) is 0 Å². The molecule has 2 atom stereocenters. The van der Waals surface area contributed by atoms with Crippen LogP contribution in [-0.2, 0) is 12.6 Å². The Morgan fingerprint density at radius 3 is 2.33 bits per heavy atom. The quantitative estimate of drug-likeness (QED) is 0.805. The van der Waals surface area contributed by atoms with Crippen molar-refractivity contribution in [2.75, 3.05) is 13.6 Å². The van der Waals surface area contributed by atoms with Crippen LogP contribution in [0.2, 0.25) is 0 Å². The van der Waals surface area contributed by atoms with Gasteiger partial charge in [0.2, 0.25) is 0 Å². The summed E-state index contributed by atoms with van der Waals surface area (Å²) in [5.41, 5.74) is 3.95. The van der Waals surface area contributed by atoms with Crippen LogP contribution >= 0.6 is 0 Å². The number of halogens is 3. The van der Waals surface area contributed by atoms with Crippen LogP contribution in [0.1, 0.15) is 36.0 Å². The van der Waals surface area contributed by atoms with Gasteiger partial charge in [0.1, 0.15) is 0 Å². The average Bonchev–Trinajstić information content (AvgIpc) is 2.86. The van der Waals surface area contributed by atoms with Crippen molar-refractivity contribution in [1.82, 2.24) is 5.32 Å². The Balaban J connectivity index is 1.86. The first-order valence-electron chi connectivity index (χ1n) is 8.35. The van der Waals surface area contributed by atoms with Gasteiger partial charge >= 0.3 is 6.18 Å². The zero-order valence-electron chi connectivity index (χ0n) is 14.0. The number of benzene rings is 2. The third-order valence-electron chi connectivity index (χ3n) is 5.02. The number of fused-ring (bicyclic) bond motifs is 1. The molecule has 1 nitrogen and oxygen atoms in total. The monoisotopic (exact) mass is 333 g/mol. The number of hydrogen-bond donors (Lipinski definition) is 1. The van der Waals surface area contributed by atoms with Crippen LogP contribution < -0.4 is 5.32 Å². The maximum absolute atomic E-state index is 12.7. The van der Waals surface area contributed by atoms with E-state index in [0.29, 0.717) is 11.8 Å². The molecule has 1 unspecified atom stereocenters. The molecule has 0 fully saturated rings. The first kappa shape index (κ1) is 17.0. The molecule has 3 rings (SSSR count). The molecule has 0 radical (unpaired) electrons. The van der Waals surface area contributed by atoms with E-state index >= 15 is 0 Å². The smallest absolute Gasteiger partial charge is 0.320 e. The van der Waals surface area contributed by atoms with Crippen molar-refractivity contribution in [3.8, 4) is 11.1 Å². The minimum Gasteiger partial charge on any atom is -0.320 e. The third kappa shape index (κ3) is 3.34. The van der Waals surface area contributed by atoms with Gasteiger partial charge in [-0.2, -0.15) is 13.2 Å². The number of nitrogens with one attached hydrogen (secondary N) is 1. The van der Waals surface area contributed by atoms with Gasteiger partial charge in [-0.1, -0.05) is 37.3 Å². The molecular formula is C20H22F3N. The SMILES string of the molecule is CNCCC1c2ccc(-c3ccc(C(F)(F)F)cc3)cc2C[C@H]1C. The van der Waals surface area contributed by atoms with Gasteiger partial charge in [0, 0.05) is 0 Å². The predicted octanol–water partition coefficient (Wildman–Crippen LogP) is 5.26. The third-order valence-corrected chi connectivity index (χ3v) is 5.02. The molecule has 24 heavy (non-hydrogen) atoms. The Morgan fingerprint density at radius 1 is 1.04 bits per heavy atom. The Morgan fingerprint density at radius 2 is 1.71 bits per heavy atom. The van der Waals surface area contributed by atoms with Crippen molar-refractivity contribution in [2.45, 2.75) is 31.9 Å². The van der Waals surface area contributed by atoms with E-state index in [9.17, 15) is 13.2 Å². The molecule has 0 saturated carbocycles. The summed E-state index contributed by atoms with van der Waals surface area (Å²) in [4.78, 5) is 0. The molecule has 1 N–H and O–H groups in total. The zero-order valence-corrected chi connectivity index (χ0v) is 14.0. The van der Waals surface area contributed by atoms with Crippen LogP contribution in [0.3, 0.4) is 0 Å². The molecule has 1 aliphatic carbocycles. The molecule has 2 aromatic carbocycles. The van der Waals surface area contributed by atoms with Crippen LogP contribution in [-0.4, -0.2) is 13.6 Å². The lowest BCUT2D eigenvalue weighted by Gasteiger charge is -2.16. The topological polar surface area (TPSA) is 12.0 Å². The number of hydrogen-bond acceptors (Lipinski definition) is 1. The highest BCUT2D eigenvalue weighted by Crippen LogP contribution is 2.41. The molecule has 128 valence electrons. The van der Waals surface area contributed by atoms with Crippen LogP contribution in [0.4, 0.5) is 13.2 Å². The molecule has 0 aromatic heterocycles. The van der Waals surface area contributed by atoms with Crippen LogP contribution in [0.15, 0.2) is 42.5 Å². The van der Waals surface area contributed by atoms with Crippen LogP contribution in [0.5, 0.6) is 0 Å². The van der Waals surface area contributed by atoms with Gasteiger partial charge in [0.15, 0.2) is 0 Å². The fourth-order valence-electron chi connectivity index (χ4n) is 3.71. The Hall–Kier alpha value is -1.81. The fraction of sp³-hybridized carbons (Fsp3) is 0.400. The maximum atomic E-state index is 12.7. The Kier molecular flexibility index (Phi) is 4.68. The highest BCUT2D eigenvalue weighted by Gasteiger charge is 2.31. The van der Waals surface area contributed by atoms with Crippen molar-refractivity contribution >= 4 is 0 Å². The fourth-order valence-corrected chi connectivity index (χ4v) is 3.71. The largest absolute Gasteiger partial charge is 0.416 e. The number of rotatable bonds is 4. The van der Waals surface area contributed by atoms with E-state index in [0.717, 1.165) is 42.6 Å². The van der Waals surface area contributed by atoms with Gasteiger partial charge in [0.05, 0.1) is 5.56 Å². The summed E-state index contributed by atoms with van der Waals surface area (Å²) >= 11 is 0. The molecular weight excluding hydrogens is 311 g/mol. The van der Waals surface area contributed by atoms with E-state index in [2.05, 4.69) is 24.4 Å². The summed E-state index contributed by atoms with van der Waals surface area (Å²) < 4.78 is 38.1.